The summed E-state index contributed by atoms with van der Waals surface area (Å²) >= 11 is 8.36. The molecule has 36 heavy (non-hydrogen) atoms. The van der Waals surface area contributed by atoms with Crippen LogP contribution in [0.2, 0.25) is 0 Å². The summed E-state index contributed by atoms with van der Waals surface area (Å²) in [5.41, 5.74) is 2.34. The zero-order valence-corrected chi connectivity index (χ0v) is 23.8. The van der Waals surface area contributed by atoms with Gasteiger partial charge in [0.15, 0.2) is 0 Å². The van der Waals surface area contributed by atoms with E-state index in [1.54, 1.807) is 0 Å². The van der Waals surface area contributed by atoms with Gasteiger partial charge in [-0.3, -0.25) is 9.59 Å². The normalized spacial score (nSPS) is 12.5. The number of carbonyl (C=O) groups excluding carboxylic acids is 2. The smallest absolute Gasteiger partial charge is 0.319 e. The molecule has 0 aliphatic carbocycles. The van der Waals surface area contributed by atoms with Gasteiger partial charge < -0.3 is 9.47 Å². The Morgan fingerprint density at radius 3 is 1.47 bits per heavy atom. The highest BCUT2D eigenvalue weighted by Crippen LogP contribution is 2.31. The van der Waals surface area contributed by atoms with E-state index in [0.29, 0.717) is 29.6 Å². The lowest BCUT2D eigenvalue weighted by Gasteiger charge is -2.19. The van der Waals surface area contributed by atoms with Gasteiger partial charge in [0, 0.05) is 0 Å². The van der Waals surface area contributed by atoms with Gasteiger partial charge in [-0.15, -0.1) is 0 Å². The monoisotopic (exact) mass is 546 g/mol. The number of thioether (sulfide) groups is 2. The summed E-state index contributed by atoms with van der Waals surface area (Å²) in [5, 5.41) is -0.819. The maximum Gasteiger partial charge on any atom is 0.319 e. The molecule has 0 aromatic heterocycles. The van der Waals surface area contributed by atoms with Gasteiger partial charge in [0.2, 0.25) is 0 Å². The summed E-state index contributed by atoms with van der Waals surface area (Å²) in [7, 11) is 0. The van der Waals surface area contributed by atoms with Crippen molar-refractivity contribution in [1.29, 1.82) is 0 Å². The Morgan fingerprint density at radius 1 is 0.722 bits per heavy atom. The van der Waals surface area contributed by atoms with Gasteiger partial charge in [0.05, 0.1) is 13.2 Å². The van der Waals surface area contributed by atoms with Crippen LogP contribution in [0.5, 0.6) is 0 Å². The lowest BCUT2D eigenvalue weighted by molar-refractivity contribution is -0.144. The van der Waals surface area contributed by atoms with E-state index in [1.165, 1.54) is 34.7 Å². The van der Waals surface area contributed by atoms with Crippen LogP contribution in [-0.2, 0) is 31.9 Å². The maximum absolute atomic E-state index is 12.9. The second-order valence-electron chi connectivity index (χ2n) is 8.55. The highest BCUT2D eigenvalue weighted by Gasteiger charge is 2.27. The van der Waals surface area contributed by atoms with Crippen LogP contribution < -0.4 is 0 Å². The lowest BCUT2D eigenvalue weighted by Crippen LogP contribution is -2.25. The SMILES string of the molecule is CCCCOC(=O)C(CCc1ccccc1)SC(=S)SC(CCc1ccccc1)C(=O)OCCCC. The molecule has 0 aliphatic heterocycles. The van der Waals surface area contributed by atoms with E-state index in [9.17, 15) is 9.59 Å². The molecule has 4 nitrogen and oxygen atoms in total. The van der Waals surface area contributed by atoms with Crippen molar-refractivity contribution in [1.82, 2.24) is 0 Å². The Labute approximate surface area is 230 Å². The standard InChI is InChI=1S/C29H38O4S3/c1-3-5-21-32-27(30)25(19-17-23-13-9-7-10-14-23)35-29(34)36-26(28(31)33-22-6-4-2)20-18-24-15-11-8-12-16-24/h7-16,25-26H,3-6,17-22H2,1-2H3. The Hall–Kier alpha value is -1.83. The molecule has 2 aromatic rings. The number of aryl methyl sites for hydroxylation is 2. The van der Waals surface area contributed by atoms with Gasteiger partial charge in [0.1, 0.15) is 14.0 Å². The summed E-state index contributed by atoms with van der Waals surface area (Å²) < 4.78 is 11.6. The molecule has 7 heteroatoms. The molecule has 2 unspecified atom stereocenters. The van der Waals surface area contributed by atoms with Gasteiger partial charge in [-0.25, -0.2) is 0 Å². The van der Waals surface area contributed by atoms with Crippen molar-refractivity contribution in [3.8, 4) is 0 Å². The van der Waals surface area contributed by atoms with Crippen molar-refractivity contribution in [3.63, 3.8) is 0 Å². The second-order valence-corrected chi connectivity index (χ2v) is 12.2. The molecule has 0 saturated heterocycles. The first kappa shape index (κ1) is 30.4. The fourth-order valence-corrected chi connectivity index (χ4v) is 6.30. The van der Waals surface area contributed by atoms with Gasteiger partial charge >= 0.3 is 11.9 Å². The number of hydrogen-bond donors (Lipinski definition) is 0. The number of rotatable bonds is 16. The first-order valence-corrected chi connectivity index (χ1v) is 15.0. The summed E-state index contributed by atoms with van der Waals surface area (Å²) in [4.78, 5) is 25.8. The highest BCUT2D eigenvalue weighted by molar-refractivity contribution is 8.47. The zero-order chi connectivity index (χ0) is 26.0. The van der Waals surface area contributed by atoms with Crippen molar-refractivity contribution >= 4 is 51.2 Å². The van der Waals surface area contributed by atoms with Crippen LogP contribution >= 0.6 is 35.7 Å². The van der Waals surface area contributed by atoms with Gasteiger partial charge in [0.25, 0.3) is 0 Å². The average Bonchev–Trinajstić information content (AvgIpc) is 2.90. The molecule has 0 fully saturated rings. The zero-order valence-electron chi connectivity index (χ0n) is 21.4. The molecule has 0 heterocycles. The number of benzene rings is 2. The molecule has 0 spiro atoms. The topological polar surface area (TPSA) is 52.6 Å². The third-order valence-corrected chi connectivity index (χ3v) is 8.53. The number of unbranched alkanes of at least 4 members (excludes halogenated alkanes) is 2. The van der Waals surface area contributed by atoms with Gasteiger partial charge in [-0.05, 0) is 49.7 Å². The summed E-state index contributed by atoms with van der Waals surface area (Å²) in [6, 6.07) is 20.2. The Morgan fingerprint density at radius 2 is 1.11 bits per heavy atom. The average molecular weight is 547 g/mol. The summed E-state index contributed by atoms with van der Waals surface area (Å²) in [6.45, 7) is 4.97. The van der Waals surface area contributed by atoms with Crippen LogP contribution in [0, 0.1) is 0 Å². The van der Waals surface area contributed by atoms with E-state index in [1.807, 2.05) is 36.4 Å². The van der Waals surface area contributed by atoms with Crippen LogP contribution in [0.1, 0.15) is 63.5 Å². The van der Waals surface area contributed by atoms with Crippen LogP contribution in [0.25, 0.3) is 0 Å². The van der Waals surface area contributed by atoms with Crippen LogP contribution in [0.4, 0.5) is 0 Å². The van der Waals surface area contributed by atoms with Crippen molar-refractivity contribution < 1.29 is 19.1 Å². The quantitative estimate of drug-likeness (QED) is 0.123. The first-order valence-electron chi connectivity index (χ1n) is 12.8. The number of esters is 2. The van der Waals surface area contributed by atoms with Crippen molar-refractivity contribution in [3.05, 3.63) is 71.8 Å². The van der Waals surface area contributed by atoms with Gasteiger partial charge in [-0.2, -0.15) is 0 Å². The minimum absolute atomic E-state index is 0.237. The number of carbonyl (C=O) groups is 2. The summed E-state index contributed by atoms with van der Waals surface area (Å²) in [5.74, 6) is -0.475. The molecule has 196 valence electrons. The van der Waals surface area contributed by atoms with Crippen LogP contribution in [0.15, 0.2) is 60.7 Å². The fraction of sp³-hybridized carbons (Fsp3) is 0.483. The third kappa shape index (κ3) is 12.4. The molecule has 0 saturated carbocycles. The first-order chi connectivity index (χ1) is 17.5. The minimum atomic E-state index is -0.409. The number of ether oxygens (including phenoxy) is 2. The Bertz CT molecular complexity index is 832. The molecular weight excluding hydrogens is 509 g/mol. The molecule has 2 rings (SSSR count). The molecular formula is C29H38O4S3. The third-order valence-electron chi connectivity index (χ3n) is 5.56. The second kappa shape index (κ2) is 18.4. The highest BCUT2D eigenvalue weighted by atomic mass is 32.2. The van der Waals surface area contributed by atoms with E-state index in [0.717, 1.165) is 38.5 Å². The van der Waals surface area contributed by atoms with Crippen LogP contribution in [-0.4, -0.2) is 39.2 Å². The summed E-state index contributed by atoms with van der Waals surface area (Å²) in [6.07, 6.45) is 6.36. The van der Waals surface area contributed by atoms with E-state index in [4.69, 9.17) is 21.7 Å². The Balaban J connectivity index is 2.03. The van der Waals surface area contributed by atoms with E-state index >= 15 is 0 Å². The molecule has 2 aromatic carbocycles. The molecule has 0 N–H and O–H groups in total. The van der Waals surface area contributed by atoms with Crippen LogP contribution in [0.3, 0.4) is 0 Å². The fourth-order valence-electron chi connectivity index (χ4n) is 3.41. The molecule has 0 bridgehead atoms. The number of hydrogen-bond acceptors (Lipinski definition) is 7. The predicted octanol–water partition coefficient (Wildman–Crippen LogP) is 7.43. The van der Waals surface area contributed by atoms with Crippen molar-refractivity contribution in [2.45, 2.75) is 75.7 Å². The molecule has 2 atom stereocenters. The molecule has 0 radical (unpaired) electrons. The minimum Gasteiger partial charge on any atom is -0.465 e. The largest absolute Gasteiger partial charge is 0.465 e. The van der Waals surface area contributed by atoms with E-state index in [2.05, 4.69) is 38.1 Å². The molecule has 0 amide bonds. The van der Waals surface area contributed by atoms with E-state index in [-0.39, 0.29) is 11.9 Å². The maximum atomic E-state index is 12.9. The van der Waals surface area contributed by atoms with Crippen molar-refractivity contribution in [2.75, 3.05) is 13.2 Å². The van der Waals surface area contributed by atoms with E-state index < -0.39 is 10.5 Å². The Kier molecular flexibility index (Phi) is 15.6. The predicted molar refractivity (Wildman–Crippen MR) is 157 cm³/mol. The number of thiocarbonyl (C=S) groups is 1. The van der Waals surface area contributed by atoms with Gasteiger partial charge in [-0.1, -0.05) is 123 Å². The molecule has 0 aliphatic rings. The lowest BCUT2D eigenvalue weighted by atomic mass is 10.1. The van der Waals surface area contributed by atoms with Crippen molar-refractivity contribution in [2.24, 2.45) is 0 Å².